The van der Waals surface area contributed by atoms with E-state index < -0.39 is 12.0 Å². The van der Waals surface area contributed by atoms with Crippen molar-refractivity contribution in [3.63, 3.8) is 0 Å². The molecule has 0 aliphatic heterocycles. The molecule has 1 atom stereocenters. The van der Waals surface area contributed by atoms with Gasteiger partial charge in [0, 0.05) is 11.6 Å². The third kappa shape index (κ3) is 3.44. The van der Waals surface area contributed by atoms with Gasteiger partial charge in [0.05, 0.1) is 6.61 Å². The highest BCUT2D eigenvalue weighted by molar-refractivity contribution is 7.13. The molecule has 1 aromatic heterocycles. The summed E-state index contributed by atoms with van der Waals surface area (Å²) in [7, 11) is 0. The molecule has 0 N–H and O–H groups in total. The molecule has 0 aromatic carbocycles. The molecule has 0 fully saturated rings. The van der Waals surface area contributed by atoms with E-state index in [2.05, 4.69) is 19.9 Å². The second-order valence-corrected chi connectivity index (χ2v) is 3.19. The van der Waals surface area contributed by atoms with E-state index in [1.807, 2.05) is 0 Å². The van der Waals surface area contributed by atoms with E-state index in [1.165, 1.54) is 11.3 Å². The lowest BCUT2D eigenvalue weighted by Gasteiger charge is -2.00. The Balaban J connectivity index is 2.62. The predicted octanol–water partition coefficient (Wildman–Crippen LogP) is 1.68. The zero-order chi connectivity index (χ0) is 11.1. The minimum Gasteiger partial charge on any atom is -0.464 e. The van der Waals surface area contributed by atoms with E-state index in [0.717, 1.165) is 0 Å². The molecule has 7 heteroatoms. The van der Waals surface area contributed by atoms with E-state index >= 15 is 0 Å². The van der Waals surface area contributed by atoms with Crippen LogP contribution < -0.4 is 0 Å². The molecule has 0 radical (unpaired) electrons. The van der Waals surface area contributed by atoms with Gasteiger partial charge in [0.1, 0.15) is 6.07 Å². The SMILES string of the molecule is CCOC(=O)C(C#N)N=Nc1nccs1. The first-order valence-electron chi connectivity index (χ1n) is 4.14. The van der Waals surface area contributed by atoms with Gasteiger partial charge in [-0.15, -0.1) is 16.5 Å². The smallest absolute Gasteiger partial charge is 0.347 e. The van der Waals surface area contributed by atoms with Crippen molar-refractivity contribution in [1.29, 1.82) is 5.26 Å². The first-order valence-corrected chi connectivity index (χ1v) is 5.02. The van der Waals surface area contributed by atoms with Crippen molar-refractivity contribution in [2.45, 2.75) is 13.0 Å². The van der Waals surface area contributed by atoms with Crippen molar-refractivity contribution >= 4 is 22.4 Å². The van der Waals surface area contributed by atoms with Gasteiger partial charge in [-0.25, -0.2) is 9.78 Å². The van der Waals surface area contributed by atoms with Gasteiger partial charge >= 0.3 is 5.97 Å². The molecule has 1 rings (SSSR count). The van der Waals surface area contributed by atoms with Crippen molar-refractivity contribution in [1.82, 2.24) is 4.98 Å². The molecule has 0 amide bonds. The number of aromatic nitrogens is 1. The molecule has 0 aliphatic rings. The molecule has 0 saturated carbocycles. The molecule has 6 nitrogen and oxygen atoms in total. The Bertz CT molecular complexity index is 382. The van der Waals surface area contributed by atoms with E-state index in [0.29, 0.717) is 5.13 Å². The van der Waals surface area contributed by atoms with Crippen LogP contribution in [0.3, 0.4) is 0 Å². The van der Waals surface area contributed by atoms with Crippen LogP contribution in [-0.2, 0) is 9.53 Å². The topological polar surface area (TPSA) is 87.7 Å². The summed E-state index contributed by atoms with van der Waals surface area (Å²) >= 11 is 1.27. The number of rotatable bonds is 4. The first kappa shape index (κ1) is 11.3. The second kappa shape index (κ2) is 5.82. The molecule has 0 saturated heterocycles. The van der Waals surface area contributed by atoms with E-state index in [-0.39, 0.29) is 6.61 Å². The Labute approximate surface area is 90.2 Å². The van der Waals surface area contributed by atoms with Gasteiger partial charge in [0.15, 0.2) is 0 Å². The predicted molar refractivity (Wildman–Crippen MR) is 52.7 cm³/mol. The molecule has 0 spiro atoms. The highest BCUT2D eigenvalue weighted by Gasteiger charge is 2.18. The van der Waals surface area contributed by atoms with Crippen molar-refractivity contribution in [3.05, 3.63) is 11.6 Å². The Kier molecular flexibility index (Phi) is 4.37. The molecule has 78 valence electrons. The monoisotopic (exact) mass is 224 g/mol. The van der Waals surface area contributed by atoms with Crippen LogP contribution in [0.4, 0.5) is 5.13 Å². The van der Waals surface area contributed by atoms with Crippen LogP contribution in [0.25, 0.3) is 0 Å². The van der Waals surface area contributed by atoms with Crippen LogP contribution in [0.15, 0.2) is 21.8 Å². The van der Waals surface area contributed by atoms with Crippen molar-refractivity contribution < 1.29 is 9.53 Å². The maximum atomic E-state index is 11.1. The summed E-state index contributed by atoms with van der Waals surface area (Å²) in [6, 6.07) is 0.477. The Morgan fingerprint density at radius 3 is 3.20 bits per heavy atom. The summed E-state index contributed by atoms with van der Waals surface area (Å²) in [6.07, 6.45) is 1.56. The largest absolute Gasteiger partial charge is 0.464 e. The second-order valence-electron chi connectivity index (χ2n) is 2.31. The van der Waals surface area contributed by atoms with Crippen molar-refractivity contribution in [2.75, 3.05) is 6.61 Å². The van der Waals surface area contributed by atoms with Gasteiger partial charge < -0.3 is 4.74 Å². The number of ether oxygens (including phenoxy) is 1. The third-order valence-electron chi connectivity index (χ3n) is 1.31. The lowest BCUT2D eigenvalue weighted by molar-refractivity contribution is -0.143. The van der Waals surface area contributed by atoms with Gasteiger partial charge in [-0.3, -0.25) is 0 Å². The molecular weight excluding hydrogens is 216 g/mol. The summed E-state index contributed by atoms with van der Waals surface area (Å²) in [5.74, 6) is -0.694. The first-order chi connectivity index (χ1) is 7.27. The maximum absolute atomic E-state index is 11.1. The van der Waals surface area contributed by atoms with Crippen LogP contribution in [0.2, 0.25) is 0 Å². The number of nitrogens with zero attached hydrogens (tertiary/aromatic N) is 4. The minimum atomic E-state index is -1.21. The summed E-state index contributed by atoms with van der Waals surface area (Å²) in [5, 5.41) is 17.9. The van der Waals surface area contributed by atoms with E-state index in [9.17, 15) is 4.79 Å². The quantitative estimate of drug-likeness (QED) is 0.575. The minimum absolute atomic E-state index is 0.212. The van der Waals surface area contributed by atoms with Gasteiger partial charge in [0.25, 0.3) is 6.04 Å². The Morgan fingerprint density at radius 1 is 1.87 bits per heavy atom. The number of azo groups is 1. The van der Waals surface area contributed by atoms with Crippen molar-refractivity contribution in [2.24, 2.45) is 10.2 Å². The summed E-state index contributed by atoms with van der Waals surface area (Å²) in [5.41, 5.74) is 0. The standard InChI is InChI=1S/C8H8N4O2S/c1-2-14-7(13)6(5-9)11-12-8-10-3-4-15-8/h3-4,6H,2H2,1H3. The van der Waals surface area contributed by atoms with Crippen molar-refractivity contribution in [3.8, 4) is 6.07 Å². The zero-order valence-corrected chi connectivity index (χ0v) is 8.77. The van der Waals surface area contributed by atoms with Gasteiger partial charge in [-0.1, -0.05) is 0 Å². The number of esters is 1. The maximum Gasteiger partial charge on any atom is 0.347 e. The molecule has 1 aromatic rings. The van der Waals surface area contributed by atoms with Gasteiger partial charge in [-0.05, 0) is 6.92 Å². The van der Waals surface area contributed by atoms with Gasteiger partial charge in [0.2, 0.25) is 5.13 Å². The van der Waals surface area contributed by atoms with Crippen LogP contribution in [-0.4, -0.2) is 23.6 Å². The zero-order valence-electron chi connectivity index (χ0n) is 7.95. The lowest BCUT2D eigenvalue weighted by atomic mass is 10.4. The molecule has 15 heavy (non-hydrogen) atoms. The number of carbonyl (C=O) groups excluding carboxylic acids is 1. The Hall–Kier alpha value is -1.81. The van der Waals surface area contributed by atoms with E-state index in [1.54, 1.807) is 24.6 Å². The van der Waals surface area contributed by atoms with Crippen LogP contribution in [0.1, 0.15) is 6.92 Å². The van der Waals surface area contributed by atoms with Crippen LogP contribution >= 0.6 is 11.3 Å². The van der Waals surface area contributed by atoms with Crippen LogP contribution in [0, 0.1) is 11.3 Å². The fourth-order valence-corrected chi connectivity index (χ4v) is 1.18. The number of carbonyl (C=O) groups is 1. The molecule has 0 aliphatic carbocycles. The lowest BCUT2D eigenvalue weighted by Crippen LogP contribution is -2.19. The number of hydrogen-bond donors (Lipinski definition) is 0. The van der Waals surface area contributed by atoms with Gasteiger partial charge in [-0.2, -0.15) is 10.4 Å². The Morgan fingerprint density at radius 2 is 2.67 bits per heavy atom. The number of thiazole rings is 1. The molecule has 1 heterocycles. The van der Waals surface area contributed by atoms with Crippen LogP contribution in [0.5, 0.6) is 0 Å². The molecule has 0 bridgehead atoms. The average Bonchev–Trinajstić information content (AvgIpc) is 2.72. The number of nitriles is 1. The molecular formula is C8H8N4O2S. The van der Waals surface area contributed by atoms with E-state index in [4.69, 9.17) is 5.26 Å². The highest BCUT2D eigenvalue weighted by atomic mass is 32.1. The summed E-state index contributed by atoms with van der Waals surface area (Å²) in [4.78, 5) is 14.9. The summed E-state index contributed by atoms with van der Waals surface area (Å²) in [6.45, 7) is 1.87. The normalized spacial score (nSPS) is 12.3. The average molecular weight is 224 g/mol. The number of hydrogen-bond acceptors (Lipinski definition) is 7. The fraction of sp³-hybridized carbons (Fsp3) is 0.375. The fourth-order valence-electron chi connectivity index (χ4n) is 0.719. The highest BCUT2D eigenvalue weighted by Crippen LogP contribution is 2.15. The molecule has 1 unspecified atom stereocenters. The summed E-state index contributed by atoms with van der Waals surface area (Å²) < 4.78 is 4.63. The third-order valence-corrected chi connectivity index (χ3v) is 1.97.